The highest BCUT2D eigenvalue weighted by molar-refractivity contribution is 5.77. The normalized spacial score (nSPS) is 15.9. The summed E-state index contributed by atoms with van der Waals surface area (Å²) in [6.45, 7) is 4.83. The van der Waals surface area contributed by atoms with Gasteiger partial charge in [-0.3, -0.25) is 9.48 Å². The zero-order chi connectivity index (χ0) is 10.1. The second-order valence-electron chi connectivity index (χ2n) is 4.16. The summed E-state index contributed by atoms with van der Waals surface area (Å²) in [7, 11) is 0. The van der Waals surface area contributed by atoms with Crippen LogP contribution in [0, 0.1) is 19.8 Å². The first-order chi connectivity index (χ1) is 6.72. The van der Waals surface area contributed by atoms with E-state index in [9.17, 15) is 4.79 Å². The summed E-state index contributed by atoms with van der Waals surface area (Å²) >= 11 is 0. The number of aryl methyl sites for hydroxylation is 2. The van der Waals surface area contributed by atoms with E-state index in [1.54, 1.807) is 0 Å². The van der Waals surface area contributed by atoms with Crippen molar-refractivity contribution >= 4 is 6.29 Å². The van der Waals surface area contributed by atoms with E-state index in [-0.39, 0.29) is 0 Å². The fourth-order valence-corrected chi connectivity index (χ4v) is 1.81. The van der Waals surface area contributed by atoms with Crippen molar-refractivity contribution < 1.29 is 4.79 Å². The van der Waals surface area contributed by atoms with Gasteiger partial charge < -0.3 is 0 Å². The molecule has 1 aliphatic carbocycles. The largest absolute Gasteiger partial charge is 0.298 e. The summed E-state index contributed by atoms with van der Waals surface area (Å²) in [4.78, 5) is 10.8. The van der Waals surface area contributed by atoms with Crippen LogP contribution in [0.4, 0.5) is 0 Å². The van der Waals surface area contributed by atoms with Crippen LogP contribution in [0.15, 0.2) is 0 Å². The lowest BCUT2D eigenvalue weighted by molar-refractivity contribution is 0.112. The second-order valence-corrected chi connectivity index (χ2v) is 4.16. The molecule has 1 fully saturated rings. The summed E-state index contributed by atoms with van der Waals surface area (Å²) in [6, 6.07) is 0. The molecule has 0 radical (unpaired) electrons. The third kappa shape index (κ3) is 1.72. The average Bonchev–Trinajstić information content (AvgIpc) is 2.92. The van der Waals surface area contributed by atoms with Gasteiger partial charge in [-0.1, -0.05) is 12.8 Å². The van der Waals surface area contributed by atoms with Crippen LogP contribution in [0.25, 0.3) is 0 Å². The lowest BCUT2D eigenvalue weighted by Crippen LogP contribution is -2.03. The molecule has 0 aliphatic heterocycles. The highest BCUT2D eigenvalue weighted by Crippen LogP contribution is 2.32. The number of aldehydes is 1. The van der Waals surface area contributed by atoms with E-state index < -0.39 is 0 Å². The molecule has 0 spiro atoms. The summed E-state index contributed by atoms with van der Waals surface area (Å²) < 4.78 is 1.97. The van der Waals surface area contributed by atoms with Gasteiger partial charge in [0.2, 0.25) is 0 Å². The summed E-state index contributed by atoms with van der Waals surface area (Å²) in [5, 5.41) is 4.37. The van der Waals surface area contributed by atoms with Gasteiger partial charge >= 0.3 is 0 Å². The molecule has 3 nitrogen and oxygen atoms in total. The van der Waals surface area contributed by atoms with E-state index in [4.69, 9.17) is 0 Å². The van der Waals surface area contributed by atoms with Crippen molar-refractivity contribution in [2.45, 2.75) is 39.7 Å². The van der Waals surface area contributed by atoms with Gasteiger partial charge in [-0.2, -0.15) is 5.10 Å². The van der Waals surface area contributed by atoms with Gasteiger partial charge in [0.25, 0.3) is 0 Å². The summed E-state index contributed by atoms with van der Waals surface area (Å²) in [6.07, 6.45) is 4.87. The molecular weight excluding hydrogens is 176 g/mol. The molecule has 0 unspecified atom stereocenters. The molecule has 76 valence electrons. The fraction of sp³-hybridized carbons (Fsp3) is 0.636. The van der Waals surface area contributed by atoms with E-state index in [0.29, 0.717) is 0 Å². The third-order valence-corrected chi connectivity index (χ3v) is 3.00. The lowest BCUT2D eigenvalue weighted by atomic mass is 10.2. The monoisotopic (exact) mass is 192 g/mol. The molecule has 1 saturated carbocycles. The molecule has 0 N–H and O–H groups in total. The van der Waals surface area contributed by atoms with Crippen LogP contribution in [0.3, 0.4) is 0 Å². The standard InChI is InChI=1S/C11H16N2O/c1-8-11(7-14)9(2)13(12-8)6-5-10-3-4-10/h7,10H,3-6H2,1-2H3. The van der Waals surface area contributed by atoms with Crippen LogP contribution in [-0.4, -0.2) is 16.1 Å². The van der Waals surface area contributed by atoms with Gasteiger partial charge in [0, 0.05) is 12.2 Å². The molecule has 0 saturated heterocycles. The molecule has 2 rings (SSSR count). The Morgan fingerprint density at radius 2 is 2.21 bits per heavy atom. The predicted molar refractivity (Wildman–Crippen MR) is 54.4 cm³/mol. The van der Waals surface area contributed by atoms with Gasteiger partial charge in [-0.05, 0) is 26.2 Å². The predicted octanol–water partition coefficient (Wildman–Crippen LogP) is 2.11. The van der Waals surface area contributed by atoms with E-state index in [1.807, 2.05) is 18.5 Å². The number of hydrogen-bond acceptors (Lipinski definition) is 2. The summed E-state index contributed by atoms with van der Waals surface area (Å²) in [5.74, 6) is 0.915. The Morgan fingerprint density at radius 3 is 2.71 bits per heavy atom. The van der Waals surface area contributed by atoms with Crippen molar-refractivity contribution in [2.24, 2.45) is 5.92 Å². The van der Waals surface area contributed by atoms with Crippen molar-refractivity contribution in [1.29, 1.82) is 0 Å². The molecule has 1 aliphatic rings. The maximum atomic E-state index is 10.8. The third-order valence-electron chi connectivity index (χ3n) is 3.00. The molecule has 3 heteroatoms. The van der Waals surface area contributed by atoms with E-state index in [0.717, 1.165) is 35.7 Å². The zero-order valence-electron chi connectivity index (χ0n) is 8.79. The van der Waals surface area contributed by atoms with Gasteiger partial charge in [-0.15, -0.1) is 0 Å². The molecule has 0 bridgehead atoms. The Morgan fingerprint density at radius 1 is 1.50 bits per heavy atom. The number of rotatable bonds is 4. The highest BCUT2D eigenvalue weighted by Gasteiger charge is 2.21. The van der Waals surface area contributed by atoms with Gasteiger partial charge in [-0.25, -0.2) is 0 Å². The van der Waals surface area contributed by atoms with E-state index in [2.05, 4.69) is 5.10 Å². The van der Waals surface area contributed by atoms with Crippen molar-refractivity contribution in [3.63, 3.8) is 0 Å². The van der Waals surface area contributed by atoms with Crippen molar-refractivity contribution in [1.82, 2.24) is 9.78 Å². The van der Waals surface area contributed by atoms with Crippen molar-refractivity contribution in [3.05, 3.63) is 17.0 Å². The first-order valence-corrected chi connectivity index (χ1v) is 5.21. The number of nitrogens with zero attached hydrogens (tertiary/aromatic N) is 2. The topological polar surface area (TPSA) is 34.9 Å². The molecule has 0 atom stereocenters. The highest BCUT2D eigenvalue weighted by atomic mass is 16.1. The number of aromatic nitrogens is 2. The number of carbonyl (C=O) groups is 1. The maximum absolute atomic E-state index is 10.8. The fourth-order valence-electron chi connectivity index (χ4n) is 1.81. The van der Waals surface area contributed by atoms with Crippen LogP contribution in [0.1, 0.15) is 41.0 Å². The lowest BCUT2D eigenvalue weighted by Gasteiger charge is -2.02. The quantitative estimate of drug-likeness (QED) is 0.685. The van der Waals surface area contributed by atoms with E-state index >= 15 is 0 Å². The van der Waals surface area contributed by atoms with Gasteiger partial charge in [0.05, 0.1) is 11.3 Å². The first-order valence-electron chi connectivity index (χ1n) is 5.21. The van der Waals surface area contributed by atoms with Crippen LogP contribution in [0.2, 0.25) is 0 Å². The maximum Gasteiger partial charge on any atom is 0.153 e. The minimum Gasteiger partial charge on any atom is -0.298 e. The molecule has 1 aromatic heterocycles. The van der Waals surface area contributed by atoms with Crippen molar-refractivity contribution in [3.8, 4) is 0 Å². The van der Waals surface area contributed by atoms with Crippen LogP contribution >= 0.6 is 0 Å². The Hall–Kier alpha value is -1.12. The SMILES string of the molecule is Cc1nn(CCC2CC2)c(C)c1C=O. The Kier molecular flexibility index (Phi) is 2.40. The van der Waals surface area contributed by atoms with Crippen LogP contribution < -0.4 is 0 Å². The average molecular weight is 192 g/mol. The molecule has 0 amide bonds. The Labute approximate surface area is 84.1 Å². The molecule has 0 aromatic carbocycles. The van der Waals surface area contributed by atoms with Crippen LogP contribution in [-0.2, 0) is 6.54 Å². The minimum atomic E-state index is 0.765. The molecule has 1 aromatic rings. The molecule has 14 heavy (non-hydrogen) atoms. The Balaban J connectivity index is 2.11. The Bertz CT molecular complexity index is 350. The minimum absolute atomic E-state index is 0.765. The van der Waals surface area contributed by atoms with Gasteiger partial charge in [0.1, 0.15) is 0 Å². The molecular formula is C11H16N2O. The number of hydrogen-bond donors (Lipinski definition) is 0. The second kappa shape index (κ2) is 3.56. The van der Waals surface area contributed by atoms with Crippen LogP contribution in [0.5, 0.6) is 0 Å². The molecule has 1 heterocycles. The van der Waals surface area contributed by atoms with E-state index in [1.165, 1.54) is 19.3 Å². The smallest absolute Gasteiger partial charge is 0.153 e. The van der Waals surface area contributed by atoms with Crippen molar-refractivity contribution in [2.75, 3.05) is 0 Å². The number of carbonyl (C=O) groups excluding carboxylic acids is 1. The zero-order valence-corrected chi connectivity index (χ0v) is 8.79. The first kappa shape index (κ1) is 9.44. The van der Waals surface area contributed by atoms with Gasteiger partial charge in [0.15, 0.2) is 6.29 Å². The summed E-state index contributed by atoms with van der Waals surface area (Å²) in [5.41, 5.74) is 2.63.